The van der Waals surface area contributed by atoms with E-state index in [1.807, 2.05) is 30.9 Å². The van der Waals surface area contributed by atoms with Crippen molar-refractivity contribution in [1.29, 1.82) is 0 Å². The molecule has 0 aromatic heterocycles. The fourth-order valence-electron chi connectivity index (χ4n) is 2.24. The van der Waals surface area contributed by atoms with Crippen LogP contribution in [-0.2, 0) is 4.79 Å². The number of rotatable bonds is 3. The van der Waals surface area contributed by atoms with E-state index in [0.717, 1.165) is 35.2 Å². The molecule has 92 valence electrons. The lowest BCUT2D eigenvalue weighted by Gasteiger charge is -2.18. The maximum atomic E-state index is 12.2. The van der Waals surface area contributed by atoms with Crippen molar-refractivity contribution in [2.75, 3.05) is 18.0 Å². The van der Waals surface area contributed by atoms with E-state index in [2.05, 4.69) is 27.3 Å². The van der Waals surface area contributed by atoms with Crippen molar-refractivity contribution >= 4 is 27.5 Å². The first-order chi connectivity index (χ1) is 8.11. The molecular formula is C13H17BrN2O. The highest BCUT2D eigenvalue weighted by Gasteiger charge is 2.31. The molecule has 1 unspecified atom stereocenters. The Morgan fingerprint density at radius 3 is 2.88 bits per heavy atom. The molecule has 1 aliphatic rings. The van der Waals surface area contributed by atoms with Crippen LogP contribution in [0.4, 0.5) is 5.69 Å². The van der Waals surface area contributed by atoms with Crippen molar-refractivity contribution < 1.29 is 4.79 Å². The third kappa shape index (κ3) is 2.69. The topological polar surface area (TPSA) is 32.3 Å². The highest BCUT2D eigenvalue weighted by molar-refractivity contribution is 9.10. The number of amides is 1. The molecule has 4 heteroatoms. The summed E-state index contributed by atoms with van der Waals surface area (Å²) in [5, 5.41) is 3.22. The standard InChI is InChI=1S/C13H17BrN2O/c1-3-15-12-4-5-16(13(12)17)11-7-9(2)6-10(14)8-11/h6-8,12,15H,3-5H2,1-2H3. The Morgan fingerprint density at radius 1 is 1.47 bits per heavy atom. The van der Waals surface area contributed by atoms with Gasteiger partial charge in [-0.3, -0.25) is 4.79 Å². The Labute approximate surface area is 110 Å². The van der Waals surface area contributed by atoms with Gasteiger partial charge in [0, 0.05) is 16.7 Å². The number of likely N-dealkylation sites (N-methyl/N-ethyl adjacent to an activating group) is 1. The number of carbonyl (C=O) groups is 1. The van der Waals surface area contributed by atoms with Crippen LogP contribution in [0.5, 0.6) is 0 Å². The summed E-state index contributed by atoms with van der Waals surface area (Å²) in [7, 11) is 0. The van der Waals surface area contributed by atoms with Gasteiger partial charge >= 0.3 is 0 Å². The molecule has 1 aliphatic heterocycles. The summed E-state index contributed by atoms with van der Waals surface area (Å²) in [5.41, 5.74) is 2.15. The van der Waals surface area contributed by atoms with Crippen molar-refractivity contribution in [3.8, 4) is 0 Å². The SMILES string of the molecule is CCNC1CCN(c2cc(C)cc(Br)c2)C1=O. The van der Waals surface area contributed by atoms with Gasteiger partial charge in [0.2, 0.25) is 5.91 Å². The van der Waals surface area contributed by atoms with E-state index in [0.29, 0.717) is 0 Å². The van der Waals surface area contributed by atoms with Crippen molar-refractivity contribution in [1.82, 2.24) is 5.32 Å². The normalized spacial score (nSPS) is 20.1. The first kappa shape index (κ1) is 12.6. The van der Waals surface area contributed by atoms with Gasteiger partial charge in [-0.25, -0.2) is 0 Å². The van der Waals surface area contributed by atoms with E-state index in [9.17, 15) is 4.79 Å². The summed E-state index contributed by atoms with van der Waals surface area (Å²) in [6, 6.07) is 6.08. The Bertz CT molecular complexity index is 413. The maximum absolute atomic E-state index is 12.2. The number of hydrogen-bond donors (Lipinski definition) is 1. The molecular weight excluding hydrogens is 280 g/mol. The summed E-state index contributed by atoms with van der Waals surface area (Å²) < 4.78 is 1.02. The van der Waals surface area contributed by atoms with Gasteiger partial charge in [0.15, 0.2) is 0 Å². The van der Waals surface area contributed by atoms with Gasteiger partial charge in [0.05, 0.1) is 6.04 Å². The summed E-state index contributed by atoms with van der Waals surface area (Å²) in [6.07, 6.45) is 0.887. The third-order valence-electron chi connectivity index (χ3n) is 2.99. The number of carbonyl (C=O) groups excluding carboxylic acids is 1. The molecule has 0 radical (unpaired) electrons. The van der Waals surface area contributed by atoms with E-state index in [1.54, 1.807) is 0 Å². The summed E-state index contributed by atoms with van der Waals surface area (Å²) in [6.45, 7) is 5.70. The van der Waals surface area contributed by atoms with Crippen molar-refractivity contribution in [3.05, 3.63) is 28.2 Å². The Balaban J connectivity index is 2.21. The molecule has 1 heterocycles. The van der Waals surface area contributed by atoms with E-state index in [-0.39, 0.29) is 11.9 Å². The summed E-state index contributed by atoms with van der Waals surface area (Å²) in [4.78, 5) is 14.0. The van der Waals surface area contributed by atoms with Crippen molar-refractivity contribution in [2.24, 2.45) is 0 Å². The molecule has 1 N–H and O–H groups in total. The van der Waals surface area contributed by atoms with Crippen LogP contribution in [0.1, 0.15) is 18.9 Å². The Kier molecular flexibility index (Phi) is 3.84. The zero-order valence-corrected chi connectivity index (χ0v) is 11.8. The van der Waals surface area contributed by atoms with Gasteiger partial charge in [-0.1, -0.05) is 22.9 Å². The number of aryl methyl sites for hydroxylation is 1. The summed E-state index contributed by atoms with van der Waals surface area (Å²) in [5.74, 6) is 0.185. The maximum Gasteiger partial charge on any atom is 0.244 e. The second-order valence-corrected chi connectivity index (χ2v) is 5.29. The van der Waals surface area contributed by atoms with Gasteiger partial charge in [0.1, 0.15) is 0 Å². The summed E-state index contributed by atoms with van der Waals surface area (Å²) >= 11 is 3.47. The number of hydrogen-bond acceptors (Lipinski definition) is 2. The molecule has 0 spiro atoms. The van der Waals surface area contributed by atoms with Crippen LogP contribution in [0, 0.1) is 6.92 Å². The molecule has 2 rings (SSSR count). The van der Waals surface area contributed by atoms with Crippen molar-refractivity contribution in [3.63, 3.8) is 0 Å². The van der Waals surface area contributed by atoms with Crippen LogP contribution in [0.25, 0.3) is 0 Å². The molecule has 1 atom stereocenters. The van der Waals surface area contributed by atoms with Crippen LogP contribution in [-0.4, -0.2) is 25.0 Å². The molecule has 1 aromatic rings. The largest absolute Gasteiger partial charge is 0.311 e. The lowest BCUT2D eigenvalue weighted by atomic mass is 10.2. The van der Waals surface area contributed by atoms with Crippen LogP contribution < -0.4 is 10.2 Å². The van der Waals surface area contributed by atoms with Crippen LogP contribution in [0.15, 0.2) is 22.7 Å². The minimum Gasteiger partial charge on any atom is -0.311 e. The van der Waals surface area contributed by atoms with E-state index >= 15 is 0 Å². The average Bonchev–Trinajstić information content (AvgIpc) is 2.60. The predicted molar refractivity (Wildman–Crippen MR) is 73.3 cm³/mol. The van der Waals surface area contributed by atoms with E-state index in [1.165, 1.54) is 0 Å². The minimum absolute atomic E-state index is 0.0145. The average molecular weight is 297 g/mol. The molecule has 1 aromatic carbocycles. The number of halogens is 1. The first-order valence-corrected chi connectivity index (χ1v) is 6.73. The molecule has 1 saturated heterocycles. The second-order valence-electron chi connectivity index (χ2n) is 4.38. The van der Waals surface area contributed by atoms with Crippen LogP contribution in [0.3, 0.4) is 0 Å². The van der Waals surface area contributed by atoms with Gasteiger partial charge < -0.3 is 10.2 Å². The monoisotopic (exact) mass is 296 g/mol. The fourth-order valence-corrected chi connectivity index (χ4v) is 2.84. The van der Waals surface area contributed by atoms with Crippen molar-refractivity contribution in [2.45, 2.75) is 26.3 Å². The van der Waals surface area contributed by atoms with E-state index < -0.39 is 0 Å². The highest BCUT2D eigenvalue weighted by Crippen LogP contribution is 2.26. The van der Waals surface area contributed by atoms with Gasteiger partial charge in [-0.15, -0.1) is 0 Å². The second kappa shape index (κ2) is 5.19. The molecule has 0 saturated carbocycles. The zero-order valence-electron chi connectivity index (χ0n) is 10.2. The molecule has 17 heavy (non-hydrogen) atoms. The third-order valence-corrected chi connectivity index (χ3v) is 3.45. The fraction of sp³-hybridized carbons (Fsp3) is 0.462. The molecule has 0 aliphatic carbocycles. The molecule has 1 amide bonds. The molecule has 0 bridgehead atoms. The lowest BCUT2D eigenvalue weighted by Crippen LogP contribution is -2.38. The van der Waals surface area contributed by atoms with Gasteiger partial charge in [0.25, 0.3) is 0 Å². The predicted octanol–water partition coefficient (Wildman–Crippen LogP) is 2.47. The van der Waals surface area contributed by atoms with E-state index in [4.69, 9.17) is 0 Å². The molecule has 1 fully saturated rings. The molecule has 3 nitrogen and oxygen atoms in total. The van der Waals surface area contributed by atoms with Gasteiger partial charge in [-0.2, -0.15) is 0 Å². The minimum atomic E-state index is -0.0145. The zero-order chi connectivity index (χ0) is 12.4. The number of anilines is 1. The van der Waals surface area contributed by atoms with Gasteiger partial charge in [-0.05, 0) is 43.7 Å². The quantitative estimate of drug-likeness (QED) is 0.929. The van der Waals surface area contributed by atoms with Crippen LogP contribution in [0.2, 0.25) is 0 Å². The Morgan fingerprint density at radius 2 is 2.24 bits per heavy atom. The number of nitrogens with zero attached hydrogens (tertiary/aromatic N) is 1. The number of nitrogens with one attached hydrogen (secondary N) is 1. The first-order valence-electron chi connectivity index (χ1n) is 5.93. The van der Waals surface area contributed by atoms with Crippen LogP contribution >= 0.6 is 15.9 Å². The highest BCUT2D eigenvalue weighted by atomic mass is 79.9. The lowest BCUT2D eigenvalue weighted by molar-refractivity contribution is -0.118. The Hall–Kier alpha value is -0.870. The smallest absolute Gasteiger partial charge is 0.244 e. The number of benzene rings is 1.